The van der Waals surface area contributed by atoms with Crippen molar-refractivity contribution in [1.29, 1.82) is 0 Å². The average molecular weight is 203 g/mol. The quantitative estimate of drug-likeness (QED) is 0.556. The summed E-state index contributed by atoms with van der Waals surface area (Å²) in [4.78, 5) is 0. The molecule has 0 aromatic heterocycles. The van der Waals surface area contributed by atoms with Crippen LogP contribution in [0.3, 0.4) is 0 Å². The summed E-state index contributed by atoms with van der Waals surface area (Å²) in [5, 5.41) is 0.796. The lowest BCUT2D eigenvalue weighted by Gasteiger charge is -2.06. The van der Waals surface area contributed by atoms with E-state index in [0.29, 0.717) is 0 Å². The van der Waals surface area contributed by atoms with Gasteiger partial charge >= 0.3 is 0 Å². The molecule has 0 aromatic carbocycles. The lowest BCUT2D eigenvalue weighted by molar-refractivity contribution is 1.41. The Hall–Kier alpha value is -1.27. The van der Waals surface area contributed by atoms with Gasteiger partial charge in [-0.15, -0.1) is 0 Å². The van der Waals surface area contributed by atoms with E-state index in [0.717, 1.165) is 10.6 Å². The summed E-state index contributed by atoms with van der Waals surface area (Å²) in [7, 11) is 0. The summed E-state index contributed by atoms with van der Waals surface area (Å²) in [5.74, 6) is 0. The first-order valence-corrected chi connectivity index (χ1v) is 4.97. The molecule has 2 rings (SSSR count). The van der Waals surface area contributed by atoms with Crippen molar-refractivity contribution in [3.05, 3.63) is 70.4 Å². The van der Waals surface area contributed by atoms with Gasteiger partial charge in [0.1, 0.15) is 0 Å². The molecule has 0 atom stereocenters. The van der Waals surface area contributed by atoms with Gasteiger partial charge in [0.2, 0.25) is 0 Å². The zero-order valence-corrected chi connectivity index (χ0v) is 8.75. The summed E-state index contributed by atoms with van der Waals surface area (Å²) in [6.07, 6.45) is 16.2. The van der Waals surface area contributed by atoms with E-state index in [1.807, 2.05) is 36.5 Å². The van der Waals surface area contributed by atoms with Gasteiger partial charge in [0.25, 0.3) is 0 Å². The Kier molecular flexibility index (Phi) is 2.55. The molecular weight excluding hydrogens is 192 g/mol. The first-order valence-electron chi connectivity index (χ1n) is 4.59. The molecule has 0 radical (unpaired) electrons. The van der Waals surface area contributed by atoms with E-state index in [1.54, 1.807) is 0 Å². The van der Waals surface area contributed by atoms with Crippen molar-refractivity contribution in [1.82, 2.24) is 0 Å². The van der Waals surface area contributed by atoms with Gasteiger partial charge in [0.05, 0.1) is 0 Å². The molecule has 0 N–H and O–H groups in total. The summed E-state index contributed by atoms with van der Waals surface area (Å²) in [6, 6.07) is 0. The molecule has 0 bridgehead atoms. The fraction of sp³-hybridized carbons (Fsp3) is 0.0769. The predicted octanol–water partition coefficient (Wildman–Crippen LogP) is 4.05. The molecular formula is C13H11Cl. The molecule has 0 saturated heterocycles. The summed E-state index contributed by atoms with van der Waals surface area (Å²) >= 11 is 6.17. The molecule has 0 amide bonds. The van der Waals surface area contributed by atoms with Crippen LogP contribution in [0.1, 0.15) is 6.92 Å². The van der Waals surface area contributed by atoms with Crippen LogP contribution >= 0.6 is 11.6 Å². The largest absolute Gasteiger partial charge is 0.0837 e. The number of allylic oxidation sites excluding steroid dienone is 12. The maximum Gasteiger partial charge on any atom is 0.0484 e. The third kappa shape index (κ3) is 1.66. The van der Waals surface area contributed by atoms with Gasteiger partial charge in [-0.05, 0) is 24.1 Å². The van der Waals surface area contributed by atoms with Gasteiger partial charge in [0.15, 0.2) is 0 Å². The standard InChI is InChI=1S/C13H11Cl/c1-10-6-5-9-13(14)12-8-4-2-3-7-11(10)12/h2-9H,1H3. The van der Waals surface area contributed by atoms with Crippen LogP contribution in [0.25, 0.3) is 0 Å². The number of hydrogen-bond donors (Lipinski definition) is 0. The Labute approximate surface area is 89.3 Å². The lowest BCUT2D eigenvalue weighted by Crippen LogP contribution is -1.88. The number of fused-ring (bicyclic) bond motifs is 1. The molecule has 0 spiro atoms. The van der Waals surface area contributed by atoms with Crippen LogP contribution < -0.4 is 0 Å². The molecule has 0 aromatic rings. The van der Waals surface area contributed by atoms with Crippen molar-refractivity contribution >= 4 is 11.6 Å². The van der Waals surface area contributed by atoms with Crippen LogP contribution in [-0.2, 0) is 0 Å². The molecule has 70 valence electrons. The van der Waals surface area contributed by atoms with Crippen LogP contribution in [0.4, 0.5) is 0 Å². The fourth-order valence-corrected chi connectivity index (χ4v) is 1.79. The molecule has 2 aliphatic rings. The maximum absolute atomic E-state index is 6.17. The lowest BCUT2D eigenvalue weighted by atomic mass is 10.0. The van der Waals surface area contributed by atoms with E-state index in [1.165, 1.54) is 11.1 Å². The highest BCUT2D eigenvalue weighted by Gasteiger charge is 2.10. The Bertz CT molecular complexity index is 426. The highest BCUT2D eigenvalue weighted by atomic mass is 35.5. The van der Waals surface area contributed by atoms with E-state index in [4.69, 9.17) is 11.6 Å². The summed E-state index contributed by atoms with van der Waals surface area (Å²) in [6.45, 7) is 2.10. The second-order valence-electron chi connectivity index (χ2n) is 3.29. The second kappa shape index (κ2) is 3.85. The molecule has 0 aliphatic heterocycles. The van der Waals surface area contributed by atoms with E-state index < -0.39 is 0 Å². The highest BCUT2D eigenvalue weighted by Crippen LogP contribution is 2.30. The Morgan fingerprint density at radius 3 is 2.64 bits per heavy atom. The van der Waals surface area contributed by atoms with Crippen LogP contribution in [0.2, 0.25) is 0 Å². The Morgan fingerprint density at radius 2 is 1.79 bits per heavy atom. The summed E-state index contributed by atoms with van der Waals surface area (Å²) < 4.78 is 0. The van der Waals surface area contributed by atoms with Crippen molar-refractivity contribution in [2.45, 2.75) is 6.92 Å². The smallest absolute Gasteiger partial charge is 0.0484 e. The van der Waals surface area contributed by atoms with Gasteiger partial charge in [-0.3, -0.25) is 0 Å². The van der Waals surface area contributed by atoms with Crippen LogP contribution in [0.15, 0.2) is 70.4 Å². The molecule has 0 fully saturated rings. The first kappa shape index (κ1) is 9.29. The Balaban J connectivity index is 2.63. The van der Waals surface area contributed by atoms with Crippen molar-refractivity contribution in [3.8, 4) is 0 Å². The van der Waals surface area contributed by atoms with Crippen molar-refractivity contribution in [2.24, 2.45) is 0 Å². The maximum atomic E-state index is 6.17. The molecule has 0 unspecified atom stereocenters. The molecule has 0 heterocycles. The van der Waals surface area contributed by atoms with E-state index in [9.17, 15) is 0 Å². The number of hydrogen-bond acceptors (Lipinski definition) is 0. The van der Waals surface area contributed by atoms with Gasteiger partial charge in [0, 0.05) is 10.6 Å². The highest BCUT2D eigenvalue weighted by molar-refractivity contribution is 6.32. The first-order chi connectivity index (χ1) is 6.79. The van der Waals surface area contributed by atoms with Crippen molar-refractivity contribution in [2.75, 3.05) is 0 Å². The van der Waals surface area contributed by atoms with E-state index in [2.05, 4.69) is 19.1 Å². The zero-order chi connectivity index (χ0) is 9.97. The zero-order valence-electron chi connectivity index (χ0n) is 8.00. The van der Waals surface area contributed by atoms with Crippen molar-refractivity contribution in [3.63, 3.8) is 0 Å². The van der Waals surface area contributed by atoms with Gasteiger partial charge in [-0.25, -0.2) is 0 Å². The van der Waals surface area contributed by atoms with Crippen LogP contribution in [-0.4, -0.2) is 0 Å². The summed E-state index contributed by atoms with van der Waals surface area (Å²) in [5.41, 5.74) is 3.53. The normalized spacial score (nSPS) is 19.9. The second-order valence-corrected chi connectivity index (χ2v) is 3.70. The Morgan fingerprint density at radius 1 is 0.929 bits per heavy atom. The monoisotopic (exact) mass is 202 g/mol. The fourth-order valence-electron chi connectivity index (χ4n) is 1.56. The average Bonchev–Trinajstić information content (AvgIpc) is 2.46. The molecule has 2 aliphatic carbocycles. The predicted molar refractivity (Wildman–Crippen MR) is 62.1 cm³/mol. The van der Waals surface area contributed by atoms with E-state index >= 15 is 0 Å². The van der Waals surface area contributed by atoms with Crippen LogP contribution in [0, 0.1) is 0 Å². The molecule has 0 saturated carbocycles. The van der Waals surface area contributed by atoms with Crippen molar-refractivity contribution < 1.29 is 0 Å². The molecule has 0 nitrogen and oxygen atoms in total. The van der Waals surface area contributed by atoms with Crippen LogP contribution in [0.5, 0.6) is 0 Å². The van der Waals surface area contributed by atoms with Gasteiger partial charge < -0.3 is 0 Å². The van der Waals surface area contributed by atoms with E-state index in [-0.39, 0.29) is 0 Å². The number of rotatable bonds is 0. The topological polar surface area (TPSA) is 0 Å². The van der Waals surface area contributed by atoms with Gasteiger partial charge in [-0.2, -0.15) is 0 Å². The number of halogens is 1. The third-order valence-corrected chi connectivity index (χ3v) is 2.64. The minimum Gasteiger partial charge on any atom is -0.0837 e. The molecule has 1 heteroatoms. The van der Waals surface area contributed by atoms with Gasteiger partial charge in [-0.1, -0.05) is 54.1 Å². The third-order valence-electron chi connectivity index (χ3n) is 2.31. The minimum absolute atomic E-state index is 0.796. The molecule has 14 heavy (non-hydrogen) atoms. The minimum atomic E-state index is 0.796. The SMILES string of the molecule is CC1=C2C=CC=CC=C2C(Cl)=CC=C1.